The zero-order chi connectivity index (χ0) is 17.2. The number of nitrogens with zero attached hydrogens (tertiary/aromatic N) is 2. The number of benzene rings is 1. The lowest BCUT2D eigenvalue weighted by Gasteiger charge is -2.13. The van der Waals surface area contributed by atoms with Gasteiger partial charge in [-0.2, -0.15) is 11.8 Å². The molecule has 1 atom stereocenters. The lowest BCUT2D eigenvalue weighted by molar-refractivity contribution is -0.384. The highest BCUT2D eigenvalue weighted by atomic mass is 32.2. The van der Waals surface area contributed by atoms with Crippen LogP contribution in [0.1, 0.15) is 19.8 Å². The van der Waals surface area contributed by atoms with Gasteiger partial charge in [0.2, 0.25) is 0 Å². The van der Waals surface area contributed by atoms with Gasteiger partial charge in [-0.15, -0.1) is 0 Å². The third kappa shape index (κ3) is 5.92. The number of para-hydroxylation sites is 2. The molecule has 1 aliphatic heterocycles. The summed E-state index contributed by atoms with van der Waals surface area (Å²) < 4.78 is 0. The highest BCUT2D eigenvalue weighted by Gasteiger charge is 2.15. The largest absolute Gasteiger partial charge is 0.378 e. The Labute approximate surface area is 146 Å². The van der Waals surface area contributed by atoms with Gasteiger partial charge in [0, 0.05) is 31.0 Å². The Morgan fingerprint density at radius 3 is 2.92 bits per heavy atom. The molecule has 1 aliphatic rings. The highest BCUT2D eigenvalue weighted by Crippen LogP contribution is 2.26. The first-order valence-corrected chi connectivity index (χ1v) is 9.36. The van der Waals surface area contributed by atoms with Gasteiger partial charge in [-0.3, -0.25) is 15.1 Å². The van der Waals surface area contributed by atoms with Gasteiger partial charge < -0.3 is 16.0 Å². The Morgan fingerprint density at radius 1 is 1.38 bits per heavy atom. The first-order valence-electron chi connectivity index (χ1n) is 8.31. The number of hydrogen-bond donors (Lipinski definition) is 3. The van der Waals surface area contributed by atoms with Crippen molar-refractivity contribution in [3.63, 3.8) is 0 Å². The second kappa shape index (κ2) is 10.0. The zero-order valence-electron chi connectivity index (χ0n) is 14.0. The van der Waals surface area contributed by atoms with Gasteiger partial charge in [0.1, 0.15) is 5.69 Å². The van der Waals surface area contributed by atoms with Crippen LogP contribution in [0.25, 0.3) is 0 Å². The van der Waals surface area contributed by atoms with E-state index < -0.39 is 0 Å². The summed E-state index contributed by atoms with van der Waals surface area (Å²) in [4.78, 5) is 15.2. The first kappa shape index (κ1) is 18.4. The van der Waals surface area contributed by atoms with E-state index in [2.05, 4.69) is 20.9 Å². The molecule has 1 saturated heterocycles. The lowest BCUT2D eigenvalue weighted by atomic mass is 10.2. The summed E-state index contributed by atoms with van der Waals surface area (Å²) in [5.74, 6) is 2.04. The number of rotatable bonds is 8. The Hall–Kier alpha value is -1.96. The molecule has 0 spiro atoms. The molecule has 1 aromatic rings. The van der Waals surface area contributed by atoms with Crippen LogP contribution in [-0.2, 0) is 0 Å². The topological polar surface area (TPSA) is 91.6 Å². The van der Waals surface area contributed by atoms with E-state index in [0.717, 1.165) is 19.0 Å². The maximum absolute atomic E-state index is 11.0. The fraction of sp³-hybridized carbons (Fsp3) is 0.562. The molecule has 0 saturated carbocycles. The van der Waals surface area contributed by atoms with Crippen LogP contribution in [-0.4, -0.2) is 48.1 Å². The van der Waals surface area contributed by atoms with Crippen LogP contribution in [0.5, 0.6) is 0 Å². The maximum atomic E-state index is 11.0. The van der Waals surface area contributed by atoms with Crippen molar-refractivity contribution in [1.82, 2.24) is 10.6 Å². The van der Waals surface area contributed by atoms with E-state index in [1.165, 1.54) is 24.7 Å². The van der Waals surface area contributed by atoms with Crippen LogP contribution < -0.4 is 16.0 Å². The van der Waals surface area contributed by atoms with Gasteiger partial charge in [-0.05, 0) is 31.6 Å². The summed E-state index contributed by atoms with van der Waals surface area (Å²) in [6.07, 6.45) is 2.53. The number of aliphatic imine (C=N–C) groups is 1. The van der Waals surface area contributed by atoms with Gasteiger partial charge in [0.05, 0.1) is 11.5 Å². The van der Waals surface area contributed by atoms with Crippen molar-refractivity contribution >= 4 is 29.1 Å². The predicted molar refractivity (Wildman–Crippen MR) is 101 cm³/mol. The first-order chi connectivity index (χ1) is 11.7. The average Bonchev–Trinajstić information content (AvgIpc) is 3.10. The van der Waals surface area contributed by atoms with Gasteiger partial charge in [0.15, 0.2) is 5.96 Å². The van der Waals surface area contributed by atoms with E-state index in [4.69, 9.17) is 0 Å². The fourth-order valence-corrected chi connectivity index (χ4v) is 3.66. The molecule has 1 unspecified atom stereocenters. The minimum atomic E-state index is -0.374. The van der Waals surface area contributed by atoms with E-state index in [1.807, 2.05) is 18.7 Å². The zero-order valence-corrected chi connectivity index (χ0v) is 14.8. The van der Waals surface area contributed by atoms with Crippen molar-refractivity contribution in [2.24, 2.45) is 4.99 Å². The third-order valence-corrected chi connectivity index (χ3v) is 5.04. The summed E-state index contributed by atoms with van der Waals surface area (Å²) in [7, 11) is 0. The van der Waals surface area contributed by atoms with Crippen LogP contribution in [0.15, 0.2) is 29.3 Å². The van der Waals surface area contributed by atoms with Crippen molar-refractivity contribution in [2.45, 2.75) is 25.0 Å². The highest BCUT2D eigenvalue weighted by molar-refractivity contribution is 8.00. The number of nitrogens with one attached hydrogen (secondary N) is 3. The van der Waals surface area contributed by atoms with Crippen molar-refractivity contribution in [3.8, 4) is 0 Å². The summed E-state index contributed by atoms with van der Waals surface area (Å²) in [5, 5.41) is 21.2. The molecule has 0 aromatic heterocycles. The molecule has 0 amide bonds. The number of nitro benzene ring substituents is 1. The van der Waals surface area contributed by atoms with Crippen LogP contribution >= 0.6 is 11.8 Å². The molecule has 1 aromatic carbocycles. The molecule has 0 radical (unpaired) electrons. The molecule has 132 valence electrons. The molecule has 0 aliphatic carbocycles. The minimum Gasteiger partial charge on any atom is -0.378 e. The number of hydrogen-bond acceptors (Lipinski definition) is 5. The standard InChI is InChI=1S/C16H25N5O2S/c1-2-17-16(20-12-13-6-5-11-24-13)19-10-9-18-14-7-3-4-8-15(14)21(22)23/h3-4,7-8,13,18H,2,5-6,9-12H2,1H3,(H2,17,19,20). The molecule has 0 bridgehead atoms. The average molecular weight is 351 g/mol. The predicted octanol–water partition coefficient (Wildman–Crippen LogP) is 2.46. The van der Waals surface area contributed by atoms with Gasteiger partial charge in [-0.1, -0.05) is 12.1 Å². The van der Waals surface area contributed by atoms with Crippen molar-refractivity contribution < 1.29 is 4.92 Å². The normalized spacial score (nSPS) is 17.5. The summed E-state index contributed by atoms with van der Waals surface area (Å²) in [5.41, 5.74) is 0.630. The van der Waals surface area contributed by atoms with Crippen molar-refractivity contribution in [2.75, 3.05) is 37.2 Å². The number of nitro groups is 1. The lowest BCUT2D eigenvalue weighted by Crippen LogP contribution is -2.40. The van der Waals surface area contributed by atoms with Gasteiger partial charge >= 0.3 is 0 Å². The second-order valence-electron chi connectivity index (χ2n) is 5.48. The van der Waals surface area contributed by atoms with Crippen molar-refractivity contribution in [1.29, 1.82) is 0 Å². The summed E-state index contributed by atoms with van der Waals surface area (Å²) in [6.45, 7) is 4.88. The van der Waals surface area contributed by atoms with Crippen LogP contribution in [0, 0.1) is 10.1 Å². The molecule has 2 rings (SSSR count). The Bertz CT molecular complexity index is 561. The molecular weight excluding hydrogens is 326 g/mol. The smallest absolute Gasteiger partial charge is 0.292 e. The van der Waals surface area contributed by atoms with E-state index in [1.54, 1.807) is 18.2 Å². The molecule has 3 N–H and O–H groups in total. The van der Waals surface area contributed by atoms with Crippen LogP contribution in [0.3, 0.4) is 0 Å². The number of anilines is 1. The van der Waals surface area contributed by atoms with E-state index >= 15 is 0 Å². The molecule has 1 fully saturated rings. The summed E-state index contributed by atoms with van der Waals surface area (Å²) in [6, 6.07) is 6.67. The second-order valence-corrected chi connectivity index (χ2v) is 6.89. The monoisotopic (exact) mass is 351 g/mol. The number of guanidine groups is 1. The van der Waals surface area contributed by atoms with Gasteiger partial charge in [-0.25, -0.2) is 0 Å². The van der Waals surface area contributed by atoms with Crippen LogP contribution in [0.2, 0.25) is 0 Å². The number of thioether (sulfide) groups is 1. The molecular formula is C16H25N5O2S. The SMILES string of the molecule is CCNC(=NCC1CCCS1)NCCNc1ccccc1[N+](=O)[O-]. The van der Waals surface area contributed by atoms with E-state index in [-0.39, 0.29) is 10.6 Å². The van der Waals surface area contributed by atoms with E-state index in [0.29, 0.717) is 24.0 Å². The minimum absolute atomic E-state index is 0.0938. The van der Waals surface area contributed by atoms with Gasteiger partial charge in [0.25, 0.3) is 5.69 Å². The Kier molecular flexibility index (Phi) is 7.67. The quantitative estimate of drug-likeness (QED) is 0.219. The fourth-order valence-electron chi connectivity index (χ4n) is 2.48. The molecule has 1 heterocycles. The van der Waals surface area contributed by atoms with Crippen molar-refractivity contribution in [3.05, 3.63) is 34.4 Å². The molecule has 8 heteroatoms. The molecule has 7 nitrogen and oxygen atoms in total. The maximum Gasteiger partial charge on any atom is 0.292 e. The van der Waals surface area contributed by atoms with Crippen LogP contribution in [0.4, 0.5) is 11.4 Å². The Morgan fingerprint density at radius 2 is 2.21 bits per heavy atom. The summed E-state index contributed by atoms with van der Waals surface area (Å²) >= 11 is 1.99. The third-order valence-electron chi connectivity index (χ3n) is 3.65. The van der Waals surface area contributed by atoms with E-state index in [9.17, 15) is 10.1 Å². The Balaban J connectivity index is 1.78. The molecule has 24 heavy (non-hydrogen) atoms.